The fourth-order valence-electron chi connectivity index (χ4n) is 2.95. The van der Waals surface area contributed by atoms with Crippen molar-refractivity contribution in [3.05, 3.63) is 29.3 Å². The molecule has 1 aromatic rings. The topological polar surface area (TPSA) is 49.8 Å². The van der Waals surface area contributed by atoms with Crippen LogP contribution in [0.25, 0.3) is 0 Å². The normalized spacial score (nSPS) is 27.7. The maximum absolute atomic E-state index is 11.7. The number of anilines is 1. The number of carbonyl (C=O) groups excluding carboxylic acids is 1. The van der Waals surface area contributed by atoms with E-state index in [1.54, 1.807) is 11.9 Å². The lowest BCUT2D eigenvalue weighted by molar-refractivity contribution is -0.117. The number of hydrogen-bond donors (Lipinski definition) is 1. The molecular weight excluding hydrogens is 242 g/mol. The number of aliphatic hydroxyl groups is 1. The lowest BCUT2D eigenvalue weighted by atomic mass is 9.99. The average molecular weight is 261 g/mol. The number of carbonyl (C=O) groups is 1. The van der Waals surface area contributed by atoms with Crippen LogP contribution in [0.15, 0.2) is 18.2 Å². The Morgan fingerprint density at radius 3 is 2.89 bits per heavy atom. The summed E-state index contributed by atoms with van der Waals surface area (Å²) in [5.41, 5.74) is 2.79. The van der Waals surface area contributed by atoms with E-state index in [0.29, 0.717) is 6.42 Å². The van der Waals surface area contributed by atoms with Crippen molar-refractivity contribution in [2.75, 3.05) is 11.9 Å². The highest BCUT2D eigenvalue weighted by atomic mass is 16.5. The number of aliphatic hydroxyl groups excluding tert-OH is 1. The van der Waals surface area contributed by atoms with Crippen molar-refractivity contribution >= 4 is 11.6 Å². The van der Waals surface area contributed by atoms with Gasteiger partial charge < -0.3 is 14.7 Å². The lowest BCUT2D eigenvalue weighted by Gasteiger charge is -2.19. The minimum absolute atomic E-state index is 0.104. The van der Waals surface area contributed by atoms with E-state index in [-0.39, 0.29) is 18.1 Å². The van der Waals surface area contributed by atoms with Gasteiger partial charge in [-0.05, 0) is 37.0 Å². The van der Waals surface area contributed by atoms with Crippen LogP contribution < -0.4 is 4.90 Å². The first kappa shape index (κ1) is 12.6. The summed E-state index contributed by atoms with van der Waals surface area (Å²) < 4.78 is 5.71. The van der Waals surface area contributed by atoms with Gasteiger partial charge in [-0.15, -0.1) is 0 Å². The molecule has 1 amide bonds. The molecule has 3 atom stereocenters. The first-order chi connectivity index (χ1) is 9.06. The first-order valence-electron chi connectivity index (χ1n) is 6.79. The first-order valence-corrected chi connectivity index (χ1v) is 6.79. The third-order valence-electron chi connectivity index (χ3n) is 4.14. The predicted molar refractivity (Wildman–Crippen MR) is 72.1 cm³/mol. The van der Waals surface area contributed by atoms with E-state index in [4.69, 9.17) is 4.74 Å². The highest BCUT2D eigenvalue weighted by Crippen LogP contribution is 2.34. The highest BCUT2D eigenvalue weighted by molar-refractivity contribution is 6.00. The van der Waals surface area contributed by atoms with Crippen LogP contribution >= 0.6 is 0 Å². The molecule has 0 aliphatic carbocycles. The van der Waals surface area contributed by atoms with Gasteiger partial charge in [0.1, 0.15) is 6.10 Å². The Kier molecular flexibility index (Phi) is 3.07. The second-order valence-corrected chi connectivity index (χ2v) is 5.53. The highest BCUT2D eigenvalue weighted by Gasteiger charge is 2.31. The van der Waals surface area contributed by atoms with Crippen molar-refractivity contribution in [3.63, 3.8) is 0 Å². The van der Waals surface area contributed by atoms with Gasteiger partial charge >= 0.3 is 0 Å². The van der Waals surface area contributed by atoms with Gasteiger partial charge in [-0.1, -0.05) is 12.1 Å². The average Bonchev–Trinajstić information content (AvgIpc) is 2.94. The molecular formula is C15H19NO3. The van der Waals surface area contributed by atoms with Gasteiger partial charge in [-0.2, -0.15) is 0 Å². The monoisotopic (exact) mass is 261 g/mol. The molecule has 0 aromatic heterocycles. The Balaban J connectivity index is 1.83. The van der Waals surface area contributed by atoms with E-state index in [1.165, 1.54) is 0 Å². The Bertz CT molecular complexity index is 514. The van der Waals surface area contributed by atoms with Crippen molar-refractivity contribution in [2.24, 2.45) is 0 Å². The molecule has 0 radical (unpaired) electrons. The summed E-state index contributed by atoms with van der Waals surface area (Å²) in [7, 11) is 1.78. The Morgan fingerprint density at radius 1 is 1.42 bits per heavy atom. The van der Waals surface area contributed by atoms with Gasteiger partial charge in [0.05, 0.1) is 18.6 Å². The van der Waals surface area contributed by atoms with Crippen LogP contribution in [-0.2, 0) is 16.0 Å². The largest absolute Gasteiger partial charge is 0.386 e. The maximum Gasteiger partial charge on any atom is 0.231 e. The van der Waals surface area contributed by atoms with Crippen LogP contribution in [0.5, 0.6) is 0 Å². The maximum atomic E-state index is 11.7. The van der Waals surface area contributed by atoms with E-state index in [0.717, 1.165) is 29.7 Å². The van der Waals surface area contributed by atoms with Crippen molar-refractivity contribution < 1.29 is 14.6 Å². The Morgan fingerprint density at radius 2 is 2.21 bits per heavy atom. The third kappa shape index (κ3) is 2.15. The number of rotatable bonds is 2. The summed E-state index contributed by atoms with van der Waals surface area (Å²) in [4.78, 5) is 13.3. The van der Waals surface area contributed by atoms with Crippen LogP contribution in [0.3, 0.4) is 0 Å². The molecule has 0 bridgehead atoms. The number of amides is 1. The molecule has 4 heteroatoms. The molecule has 3 rings (SSSR count). The number of benzene rings is 1. The predicted octanol–water partition coefficient (Wildman–Crippen LogP) is 1.81. The number of nitrogens with zero attached hydrogens (tertiary/aromatic N) is 1. The lowest BCUT2D eigenvalue weighted by Crippen LogP contribution is -2.20. The quantitative estimate of drug-likeness (QED) is 0.883. The molecule has 0 spiro atoms. The van der Waals surface area contributed by atoms with E-state index >= 15 is 0 Å². The van der Waals surface area contributed by atoms with E-state index < -0.39 is 6.10 Å². The molecule has 1 N–H and O–H groups in total. The van der Waals surface area contributed by atoms with E-state index in [9.17, 15) is 9.90 Å². The van der Waals surface area contributed by atoms with Crippen LogP contribution in [0.2, 0.25) is 0 Å². The van der Waals surface area contributed by atoms with Gasteiger partial charge in [-0.25, -0.2) is 0 Å². The molecule has 102 valence electrons. The van der Waals surface area contributed by atoms with E-state index in [1.807, 2.05) is 25.1 Å². The number of ether oxygens (including phenoxy) is 1. The van der Waals surface area contributed by atoms with Crippen molar-refractivity contribution in [1.82, 2.24) is 0 Å². The second-order valence-electron chi connectivity index (χ2n) is 5.53. The third-order valence-corrected chi connectivity index (χ3v) is 4.14. The minimum atomic E-state index is -0.601. The SMILES string of the molecule is CC1CCC(C(O)c2ccc3c(c2)CC(=O)N3C)O1. The van der Waals surface area contributed by atoms with Crippen molar-refractivity contribution in [2.45, 2.75) is 44.5 Å². The summed E-state index contributed by atoms with van der Waals surface area (Å²) in [5.74, 6) is 0.104. The molecule has 1 saturated heterocycles. The summed E-state index contributed by atoms with van der Waals surface area (Å²) in [6.07, 6.45) is 1.81. The molecule has 0 saturated carbocycles. The molecule has 1 fully saturated rings. The van der Waals surface area contributed by atoms with Gasteiger partial charge in [0.15, 0.2) is 0 Å². The smallest absolute Gasteiger partial charge is 0.231 e. The summed E-state index contributed by atoms with van der Waals surface area (Å²) in [6, 6.07) is 5.75. The summed E-state index contributed by atoms with van der Waals surface area (Å²) >= 11 is 0. The number of fused-ring (bicyclic) bond motifs is 1. The van der Waals surface area contributed by atoms with Gasteiger partial charge in [0, 0.05) is 12.7 Å². The Labute approximate surface area is 113 Å². The van der Waals surface area contributed by atoms with Gasteiger partial charge in [-0.3, -0.25) is 4.79 Å². The van der Waals surface area contributed by atoms with Crippen LogP contribution in [0.1, 0.15) is 37.0 Å². The Hall–Kier alpha value is -1.39. The van der Waals surface area contributed by atoms with Crippen molar-refractivity contribution in [3.8, 4) is 0 Å². The zero-order chi connectivity index (χ0) is 13.6. The van der Waals surface area contributed by atoms with Crippen LogP contribution in [0, 0.1) is 0 Å². The zero-order valence-corrected chi connectivity index (χ0v) is 11.3. The minimum Gasteiger partial charge on any atom is -0.386 e. The fraction of sp³-hybridized carbons (Fsp3) is 0.533. The summed E-state index contributed by atoms with van der Waals surface area (Å²) in [5, 5.41) is 10.4. The summed E-state index contributed by atoms with van der Waals surface area (Å²) in [6.45, 7) is 2.03. The van der Waals surface area contributed by atoms with Gasteiger partial charge in [0.25, 0.3) is 0 Å². The molecule has 19 heavy (non-hydrogen) atoms. The standard InChI is InChI=1S/C15H19NO3/c1-9-3-6-13(19-9)15(18)10-4-5-12-11(7-10)8-14(17)16(12)2/h4-5,7,9,13,15,18H,3,6,8H2,1-2H3. The van der Waals surface area contributed by atoms with Crippen molar-refractivity contribution in [1.29, 1.82) is 0 Å². The van der Waals surface area contributed by atoms with Gasteiger partial charge in [0.2, 0.25) is 5.91 Å². The number of likely N-dealkylation sites (N-methyl/N-ethyl adjacent to an activating group) is 1. The van der Waals surface area contributed by atoms with Crippen LogP contribution in [0.4, 0.5) is 5.69 Å². The zero-order valence-electron chi connectivity index (χ0n) is 11.3. The fourth-order valence-corrected chi connectivity index (χ4v) is 2.95. The van der Waals surface area contributed by atoms with Crippen LogP contribution in [-0.4, -0.2) is 30.3 Å². The molecule has 2 aliphatic heterocycles. The molecule has 2 heterocycles. The number of hydrogen-bond acceptors (Lipinski definition) is 3. The molecule has 4 nitrogen and oxygen atoms in total. The molecule has 2 aliphatic rings. The van der Waals surface area contributed by atoms with E-state index in [2.05, 4.69) is 0 Å². The second kappa shape index (κ2) is 4.62. The molecule has 3 unspecified atom stereocenters. The molecule has 1 aromatic carbocycles.